The SMILES string of the molecule is CN=C(NCCCOC)NCc1ccc(C(=O)OC)cc1.I. The molecule has 1 aromatic carbocycles. The van der Waals surface area contributed by atoms with Crippen molar-refractivity contribution in [2.45, 2.75) is 13.0 Å². The van der Waals surface area contributed by atoms with Crippen LogP contribution in [-0.2, 0) is 16.0 Å². The van der Waals surface area contributed by atoms with E-state index in [4.69, 9.17) is 4.74 Å². The van der Waals surface area contributed by atoms with Gasteiger partial charge in [-0.05, 0) is 24.1 Å². The number of guanidine groups is 1. The highest BCUT2D eigenvalue weighted by Gasteiger charge is 2.04. The van der Waals surface area contributed by atoms with Crippen molar-refractivity contribution in [2.24, 2.45) is 4.99 Å². The molecule has 7 heteroatoms. The van der Waals surface area contributed by atoms with E-state index in [0.29, 0.717) is 12.1 Å². The predicted octanol–water partition coefficient (Wildman–Crippen LogP) is 1.79. The van der Waals surface area contributed by atoms with Gasteiger partial charge in [0.05, 0.1) is 12.7 Å². The molecule has 0 bridgehead atoms. The van der Waals surface area contributed by atoms with Crippen molar-refractivity contribution in [1.82, 2.24) is 10.6 Å². The number of carbonyl (C=O) groups excluding carboxylic acids is 1. The van der Waals surface area contributed by atoms with Gasteiger partial charge < -0.3 is 20.1 Å². The van der Waals surface area contributed by atoms with Crippen LogP contribution in [0.3, 0.4) is 0 Å². The number of esters is 1. The highest BCUT2D eigenvalue weighted by molar-refractivity contribution is 14.0. The Bertz CT molecular complexity index is 464. The molecule has 6 nitrogen and oxygen atoms in total. The van der Waals surface area contributed by atoms with Gasteiger partial charge >= 0.3 is 5.97 Å². The average molecular weight is 421 g/mol. The molecule has 0 spiro atoms. The van der Waals surface area contributed by atoms with Gasteiger partial charge in [0.25, 0.3) is 0 Å². The van der Waals surface area contributed by atoms with E-state index in [1.807, 2.05) is 12.1 Å². The molecule has 124 valence electrons. The Morgan fingerprint density at radius 1 is 1.18 bits per heavy atom. The fourth-order valence-electron chi connectivity index (χ4n) is 1.71. The normalized spacial score (nSPS) is 10.6. The first-order chi connectivity index (χ1) is 10.2. The molecule has 0 aromatic heterocycles. The third-order valence-electron chi connectivity index (χ3n) is 2.88. The second-order valence-corrected chi connectivity index (χ2v) is 4.39. The Morgan fingerprint density at radius 3 is 2.41 bits per heavy atom. The van der Waals surface area contributed by atoms with Crippen LogP contribution >= 0.6 is 24.0 Å². The number of halogens is 1. The van der Waals surface area contributed by atoms with Crippen LogP contribution in [0, 0.1) is 0 Å². The number of methoxy groups -OCH3 is 2. The molecule has 0 aliphatic rings. The number of carbonyl (C=O) groups is 1. The van der Waals surface area contributed by atoms with Crippen LogP contribution in [0.25, 0.3) is 0 Å². The zero-order valence-corrected chi connectivity index (χ0v) is 15.5. The zero-order chi connectivity index (χ0) is 15.5. The minimum absolute atomic E-state index is 0. The average Bonchev–Trinajstić information content (AvgIpc) is 2.54. The zero-order valence-electron chi connectivity index (χ0n) is 13.2. The second-order valence-electron chi connectivity index (χ2n) is 4.39. The number of nitrogens with one attached hydrogen (secondary N) is 2. The molecule has 0 fully saturated rings. The number of hydrogen-bond donors (Lipinski definition) is 2. The summed E-state index contributed by atoms with van der Waals surface area (Å²) in [7, 11) is 4.79. The molecule has 2 N–H and O–H groups in total. The summed E-state index contributed by atoms with van der Waals surface area (Å²) in [5.41, 5.74) is 1.60. The van der Waals surface area contributed by atoms with Crippen molar-refractivity contribution in [2.75, 3.05) is 34.4 Å². The van der Waals surface area contributed by atoms with Gasteiger partial charge in [0.1, 0.15) is 0 Å². The Balaban J connectivity index is 0.00000441. The molecule has 0 amide bonds. The predicted molar refractivity (Wildman–Crippen MR) is 97.9 cm³/mol. The quantitative estimate of drug-likeness (QED) is 0.231. The summed E-state index contributed by atoms with van der Waals surface area (Å²) in [6.45, 7) is 2.15. The number of nitrogens with zero attached hydrogens (tertiary/aromatic N) is 1. The van der Waals surface area contributed by atoms with E-state index >= 15 is 0 Å². The maximum Gasteiger partial charge on any atom is 0.337 e. The van der Waals surface area contributed by atoms with Crippen LogP contribution < -0.4 is 10.6 Å². The number of rotatable bonds is 7. The molecule has 0 atom stereocenters. The number of hydrogen-bond acceptors (Lipinski definition) is 4. The molecule has 1 rings (SSSR count). The number of benzene rings is 1. The molecular weight excluding hydrogens is 397 g/mol. The lowest BCUT2D eigenvalue weighted by atomic mass is 10.1. The van der Waals surface area contributed by atoms with Crippen LogP contribution in [0.5, 0.6) is 0 Å². The molecule has 0 heterocycles. The van der Waals surface area contributed by atoms with Gasteiger partial charge in [-0.3, -0.25) is 4.99 Å². The van der Waals surface area contributed by atoms with Gasteiger partial charge in [-0.1, -0.05) is 12.1 Å². The first-order valence-electron chi connectivity index (χ1n) is 6.82. The van der Waals surface area contributed by atoms with Gasteiger partial charge in [0, 0.05) is 33.9 Å². The van der Waals surface area contributed by atoms with Gasteiger partial charge in [-0.25, -0.2) is 4.79 Å². The van der Waals surface area contributed by atoms with Gasteiger partial charge in [0.2, 0.25) is 0 Å². The van der Waals surface area contributed by atoms with Crippen molar-refractivity contribution in [3.05, 3.63) is 35.4 Å². The molecule has 0 aliphatic carbocycles. The summed E-state index contributed by atoms with van der Waals surface area (Å²) in [6.07, 6.45) is 0.922. The third kappa shape index (κ3) is 7.60. The van der Waals surface area contributed by atoms with Gasteiger partial charge in [-0.2, -0.15) is 0 Å². The maximum atomic E-state index is 11.3. The monoisotopic (exact) mass is 421 g/mol. The largest absolute Gasteiger partial charge is 0.465 e. The molecule has 0 aliphatic heterocycles. The van der Waals surface area contributed by atoms with Gasteiger partial charge in [0.15, 0.2) is 5.96 Å². The molecule has 1 aromatic rings. The standard InChI is InChI=1S/C15H23N3O3.HI/c1-16-15(17-9-4-10-20-2)18-11-12-5-7-13(8-6-12)14(19)21-3;/h5-8H,4,9-11H2,1-3H3,(H2,16,17,18);1H. The van der Waals surface area contributed by atoms with E-state index in [1.54, 1.807) is 26.3 Å². The molecule has 0 radical (unpaired) electrons. The van der Waals surface area contributed by atoms with Crippen molar-refractivity contribution in [1.29, 1.82) is 0 Å². The third-order valence-corrected chi connectivity index (χ3v) is 2.88. The topological polar surface area (TPSA) is 72.0 Å². The first-order valence-corrected chi connectivity index (χ1v) is 6.82. The summed E-state index contributed by atoms with van der Waals surface area (Å²) >= 11 is 0. The smallest absolute Gasteiger partial charge is 0.337 e. The van der Waals surface area contributed by atoms with E-state index in [0.717, 1.165) is 31.1 Å². The van der Waals surface area contributed by atoms with E-state index in [9.17, 15) is 4.79 Å². The minimum Gasteiger partial charge on any atom is -0.465 e. The van der Waals surface area contributed by atoms with Crippen molar-refractivity contribution >= 4 is 35.9 Å². The molecule has 0 unspecified atom stereocenters. The molecule has 0 saturated carbocycles. The van der Waals surface area contributed by atoms with Crippen molar-refractivity contribution < 1.29 is 14.3 Å². The minimum atomic E-state index is -0.329. The van der Waals surface area contributed by atoms with Crippen molar-refractivity contribution in [3.8, 4) is 0 Å². The Hall–Kier alpha value is -1.35. The summed E-state index contributed by atoms with van der Waals surface area (Å²) in [4.78, 5) is 15.5. The highest BCUT2D eigenvalue weighted by atomic mass is 127. The first kappa shape index (κ1) is 20.6. The van der Waals surface area contributed by atoms with Crippen LogP contribution in [0.4, 0.5) is 0 Å². The Labute approximate surface area is 148 Å². The van der Waals surface area contributed by atoms with Crippen LogP contribution in [0.15, 0.2) is 29.3 Å². The van der Waals surface area contributed by atoms with E-state index in [2.05, 4.69) is 20.4 Å². The molecule has 22 heavy (non-hydrogen) atoms. The van der Waals surface area contributed by atoms with Gasteiger partial charge in [-0.15, -0.1) is 24.0 Å². The summed E-state index contributed by atoms with van der Waals surface area (Å²) in [6, 6.07) is 7.27. The second kappa shape index (κ2) is 12.2. The van der Waals surface area contributed by atoms with Crippen LogP contribution in [0.2, 0.25) is 0 Å². The fourth-order valence-corrected chi connectivity index (χ4v) is 1.71. The molecule has 0 saturated heterocycles. The lowest BCUT2D eigenvalue weighted by Crippen LogP contribution is -2.37. The van der Waals surface area contributed by atoms with Crippen molar-refractivity contribution in [3.63, 3.8) is 0 Å². The Kier molecular flexibility index (Phi) is 11.5. The highest BCUT2D eigenvalue weighted by Crippen LogP contribution is 2.05. The lowest BCUT2D eigenvalue weighted by molar-refractivity contribution is 0.0600. The van der Waals surface area contributed by atoms with E-state index in [1.165, 1.54) is 7.11 Å². The lowest BCUT2D eigenvalue weighted by Gasteiger charge is -2.12. The summed E-state index contributed by atoms with van der Waals surface area (Å²) in [5.74, 6) is 0.410. The van der Waals surface area contributed by atoms with Crippen LogP contribution in [0.1, 0.15) is 22.3 Å². The summed E-state index contributed by atoms with van der Waals surface area (Å²) in [5, 5.41) is 6.41. The van der Waals surface area contributed by atoms with E-state index in [-0.39, 0.29) is 29.9 Å². The Morgan fingerprint density at radius 2 is 1.86 bits per heavy atom. The van der Waals surface area contributed by atoms with Crippen LogP contribution in [-0.4, -0.2) is 46.3 Å². The molecular formula is C15H24IN3O3. The summed E-state index contributed by atoms with van der Waals surface area (Å²) < 4.78 is 9.65. The number of aliphatic imine (C=N–C) groups is 1. The fraction of sp³-hybridized carbons (Fsp3) is 0.467. The number of ether oxygens (including phenoxy) is 2. The van der Waals surface area contributed by atoms with E-state index < -0.39 is 0 Å². The maximum absolute atomic E-state index is 11.3.